The van der Waals surface area contributed by atoms with Gasteiger partial charge in [0.2, 0.25) is 11.8 Å². The molecule has 1 saturated heterocycles. The second kappa shape index (κ2) is 9.00. The maximum absolute atomic E-state index is 13.3. The molecular formula is C25H21ClN2O8S. The predicted octanol–water partition coefficient (Wildman–Crippen LogP) is 3.03. The van der Waals surface area contributed by atoms with E-state index in [0.29, 0.717) is 0 Å². The molecule has 2 bridgehead atoms. The molecule has 1 aliphatic heterocycles. The van der Waals surface area contributed by atoms with Gasteiger partial charge in [-0.15, -0.1) is 0 Å². The molecule has 4 unspecified atom stereocenters. The van der Waals surface area contributed by atoms with Crippen molar-refractivity contribution in [1.82, 2.24) is 0 Å². The van der Waals surface area contributed by atoms with E-state index in [0.717, 1.165) is 31.6 Å². The number of allylic oxidation sites excluding steroid dienone is 2. The first-order valence-electron chi connectivity index (χ1n) is 11.3. The van der Waals surface area contributed by atoms with Gasteiger partial charge in [0.15, 0.2) is 0 Å². The molecule has 4 atom stereocenters. The summed E-state index contributed by atoms with van der Waals surface area (Å²) in [6.07, 6.45) is 4.67. The summed E-state index contributed by atoms with van der Waals surface area (Å²) in [5.41, 5.74) is -0.289. The summed E-state index contributed by atoms with van der Waals surface area (Å²) in [7, 11) is -2.03. The zero-order valence-corrected chi connectivity index (χ0v) is 21.2. The minimum absolute atomic E-state index is 0.0186. The number of hydrogen-bond donors (Lipinski definition) is 1. The van der Waals surface area contributed by atoms with Crippen LogP contribution in [0.1, 0.15) is 27.1 Å². The van der Waals surface area contributed by atoms with Crippen molar-refractivity contribution in [3.8, 4) is 0 Å². The normalized spacial score (nSPS) is 23.8. The summed E-state index contributed by atoms with van der Waals surface area (Å²) in [5, 5.41) is 0.0431. The highest BCUT2D eigenvalue weighted by molar-refractivity contribution is 7.92. The van der Waals surface area contributed by atoms with E-state index in [4.69, 9.17) is 11.6 Å². The van der Waals surface area contributed by atoms with Crippen LogP contribution in [-0.4, -0.2) is 46.4 Å². The number of carbonyl (C=O) groups is 4. The summed E-state index contributed by atoms with van der Waals surface area (Å²) in [5.74, 6) is -3.37. The number of carbonyl (C=O) groups excluding carboxylic acids is 4. The van der Waals surface area contributed by atoms with E-state index in [1.807, 2.05) is 12.2 Å². The van der Waals surface area contributed by atoms with Crippen molar-refractivity contribution in [1.29, 1.82) is 0 Å². The van der Waals surface area contributed by atoms with Crippen molar-refractivity contribution < 1.29 is 37.1 Å². The number of halogens is 1. The average molecular weight is 545 g/mol. The minimum Gasteiger partial charge on any atom is -0.465 e. The Balaban J connectivity index is 1.49. The molecule has 2 aromatic rings. The molecule has 2 amide bonds. The largest absolute Gasteiger partial charge is 0.465 e. The summed E-state index contributed by atoms with van der Waals surface area (Å²) in [6, 6.07) is 7.27. The first-order chi connectivity index (χ1) is 17.6. The molecule has 37 heavy (non-hydrogen) atoms. The van der Waals surface area contributed by atoms with Gasteiger partial charge in [0.05, 0.1) is 58.5 Å². The van der Waals surface area contributed by atoms with Gasteiger partial charge in [-0.05, 0) is 54.7 Å². The number of esters is 2. The Morgan fingerprint density at radius 3 is 1.97 bits per heavy atom. The summed E-state index contributed by atoms with van der Waals surface area (Å²) >= 11 is 6.33. The van der Waals surface area contributed by atoms with Crippen LogP contribution in [-0.2, 0) is 29.1 Å². The van der Waals surface area contributed by atoms with Crippen LogP contribution in [0.2, 0.25) is 5.02 Å². The topological polar surface area (TPSA) is 136 Å². The molecule has 0 spiro atoms. The molecule has 1 heterocycles. The van der Waals surface area contributed by atoms with Crippen LogP contribution in [0.15, 0.2) is 53.4 Å². The third kappa shape index (κ3) is 4.08. The van der Waals surface area contributed by atoms with Crippen LogP contribution in [0.3, 0.4) is 0 Å². The van der Waals surface area contributed by atoms with Gasteiger partial charge >= 0.3 is 11.9 Å². The van der Waals surface area contributed by atoms with Crippen LogP contribution in [0, 0.1) is 23.7 Å². The molecule has 2 aliphatic carbocycles. The number of fused-ring (bicyclic) bond motifs is 5. The van der Waals surface area contributed by atoms with E-state index >= 15 is 0 Å². The summed E-state index contributed by atoms with van der Waals surface area (Å²) in [6.45, 7) is 0. The van der Waals surface area contributed by atoms with E-state index in [2.05, 4.69) is 14.2 Å². The molecule has 10 nitrogen and oxygen atoms in total. The Morgan fingerprint density at radius 1 is 0.919 bits per heavy atom. The van der Waals surface area contributed by atoms with Gasteiger partial charge in [-0.1, -0.05) is 23.8 Å². The number of imide groups is 1. The van der Waals surface area contributed by atoms with Gasteiger partial charge in [0.25, 0.3) is 10.0 Å². The lowest BCUT2D eigenvalue weighted by molar-refractivity contribution is -0.123. The Hall–Kier alpha value is -3.70. The van der Waals surface area contributed by atoms with Gasteiger partial charge in [-0.2, -0.15) is 0 Å². The molecule has 0 radical (unpaired) electrons. The number of amides is 2. The van der Waals surface area contributed by atoms with E-state index in [1.54, 1.807) is 0 Å². The molecule has 192 valence electrons. The van der Waals surface area contributed by atoms with Crippen molar-refractivity contribution in [2.45, 2.75) is 11.3 Å². The van der Waals surface area contributed by atoms with Gasteiger partial charge in [0, 0.05) is 0 Å². The lowest BCUT2D eigenvalue weighted by Crippen LogP contribution is -2.33. The fourth-order valence-corrected chi connectivity index (χ4v) is 6.60. The Morgan fingerprint density at radius 2 is 1.46 bits per heavy atom. The molecule has 12 heteroatoms. The fraction of sp³-hybridized carbons (Fsp3) is 0.280. The van der Waals surface area contributed by atoms with E-state index in [9.17, 15) is 27.6 Å². The van der Waals surface area contributed by atoms with Crippen molar-refractivity contribution in [2.24, 2.45) is 23.7 Å². The highest BCUT2D eigenvalue weighted by Crippen LogP contribution is 2.53. The molecule has 1 N–H and O–H groups in total. The van der Waals surface area contributed by atoms with E-state index in [1.165, 1.54) is 30.3 Å². The Kier molecular flexibility index (Phi) is 6.07. The third-order valence-electron chi connectivity index (χ3n) is 6.97. The molecule has 2 fully saturated rings. The molecule has 1 saturated carbocycles. The highest BCUT2D eigenvalue weighted by Gasteiger charge is 2.59. The number of sulfonamides is 1. The standard InChI is InChI=1S/C25H21ClN2O8S/c1-35-24(31)14-8-15(25(32)36-2)10-16(9-14)27-37(33,34)17-5-6-18(26)19(11-17)28-22(29)20-12-3-4-13(7-12)21(20)23(28)30/h3-6,8-13,20-21,27H,7H2,1-2H3. The SMILES string of the molecule is COC(=O)c1cc(NS(=O)(=O)c2ccc(Cl)c(N3C(=O)C4C5C=CC(C5)C4C3=O)c2)cc(C(=O)OC)c1. The first-order valence-corrected chi connectivity index (χ1v) is 13.1. The average Bonchev–Trinajstić information content (AvgIpc) is 3.56. The fourth-order valence-electron chi connectivity index (χ4n) is 5.34. The number of anilines is 2. The smallest absolute Gasteiger partial charge is 0.337 e. The van der Waals surface area contributed by atoms with Crippen LogP contribution >= 0.6 is 11.6 Å². The second-order valence-corrected chi connectivity index (χ2v) is 11.1. The van der Waals surface area contributed by atoms with Crippen LogP contribution in [0.5, 0.6) is 0 Å². The highest BCUT2D eigenvalue weighted by atomic mass is 35.5. The maximum Gasteiger partial charge on any atom is 0.337 e. The lowest BCUT2D eigenvalue weighted by Gasteiger charge is -2.20. The monoisotopic (exact) mass is 544 g/mol. The molecule has 5 rings (SSSR count). The molecule has 3 aliphatic rings. The van der Waals surface area contributed by atoms with Gasteiger partial charge in [-0.25, -0.2) is 22.9 Å². The van der Waals surface area contributed by atoms with Gasteiger partial charge < -0.3 is 9.47 Å². The zero-order valence-electron chi connectivity index (χ0n) is 19.6. The van der Waals surface area contributed by atoms with Crippen molar-refractivity contribution in [2.75, 3.05) is 23.8 Å². The lowest BCUT2D eigenvalue weighted by atomic mass is 9.85. The van der Waals surface area contributed by atoms with E-state index in [-0.39, 0.29) is 44.3 Å². The molecule has 0 aromatic heterocycles. The second-order valence-electron chi connectivity index (χ2n) is 9.01. The Labute approximate surface area is 217 Å². The van der Waals surface area contributed by atoms with Crippen LogP contribution in [0.25, 0.3) is 0 Å². The third-order valence-corrected chi connectivity index (χ3v) is 8.67. The Bertz CT molecular complexity index is 1440. The van der Waals surface area contributed by atoms with Crippen molar-refractivity contribution >= 4 is 56.8 Å². The molecule has 2 aromatic carbocycles. The summed E-state index contributed by atoms with van der Waals surface area (Å²) < 4.78 is 38.2. The number of rotatable bonds is 6. The number of nitrogens with zero attached hydrogens (tertiary/aromatic N) is 1. The van der Waals surface area contributed by atoms with Crippen LogP contribution in [0.4, 0.5) is 11.4 Å². The predicted molar refractivity (Wildman–Crippen MR) is 132 cm³/mol. The van der Waals surface area contributed by atoms with Crippen molar-refractivity contribution in [3.63, 3.8) is 0 Å². The molecular weight excluding hydrogens is 524 g/mol. The van der Waals surface area contributed by atoms with Gasteiger partial charge in [-0.3, -0.25) is 14.3 Å². The van der Waals surface area contributed by atoms with Crippen molar-refractivity contribution in [3.05, 3.63) is 64.7 Å². The zero-order chi connectivity index (χ0) is 26.6. The minimum atomic E-state index is -4.32. The quantitative estimate of drug-likeness (QED) is 0.333. The van der Waals surface area contributed by atoms with Crippen LogP contribution < -0.4 is 9.62 Å². The number of ether oxygens (including phenoxy) is 2. The van der Waals surface area contributed by atoms with Gasteiger partial charge in [0.1, 0.15) is 0 Å². The summed E-state index contributed by atoms with van der Waals surface area (Å²) in [4.78, 5) is 51.2. The number of nitrogens with one attached hydrogen (secondary N) is 1. The number of hydrogen-bond acceptors (Lipinski definition) is 8. The first kappa shape index (κ1) is 25.0. The number of methoxy groups -OCH3 is 2. The van der Waals surface area contributed by atoms with E-state index < -0.39 is 45.6 Å². The maximum atomic E-state index is 13.3. The number of benzene rings is 2.